The van der Waals surface area contributed by atoms with Crippen LogP contribution in [0.2, 0.25) is 0 Å². The van der Waals surface area contributed by atoms with Crippen LogP contribution in [0.15, 0.2) is 30.3 Å². The zero-order valence-electron chi connectivity index (χ0n) is 29.9. The van der Waals surface area contributed by atoms with Gasteiger partial charge in [-0.2, -0.15) is 9.97 Å². The number of piperidine rings is 1. The van der Waals surface area contributed by atoms with Gasteiger partial charge in [0.15, 0.2) is 5.82 Å². The number of hydrogen-bond donors (Lipinski definition) is 2. The molecule has 3 unspecified atom stereocenters. The molecule has 4 fully saturated rings. The maximum absolute atomic E-state index is 17.1. The lowest BCUT2D eigenvalue weighted by Crippen LogP contribution is -2.53. The number of nitrogens with zero attached hydrogens (tertiary/aromatic N) is 5. The van der Waals surface area contributed by atoms with E-state index in [1.165, 1.54) is 31.4 Å². The summed E-state index contributed by atoms with van der Waals surface area (Å²) >= 11 is 0. The summed E-state index contributed by atoms with van der Waals surface area (Å²) in [5.41, 5.74) is -1.61. The summed E-state index contributed by atoms with van der Waals surface area (Å²) in [6.45, 7) is 6.76. The number of benzene rings is 2. The molecule has 3 saturated heterocycles. The molecule has 0 amide bonds. The van der Waals surface area contributed by atoms with E-state index in [4.69, 9.17) is 23.9 Å². The quantitative estimate of drug-likeness (QED) is 0.228. The maximum atomic E-state index is 17.1. The minimum atomic E-state index is -1.22. The van der Waals surface area contributed by atoms with Gasteiger partial charge in [0, 0.05) is 48.7 Å². The molecule has 3 aliphatic heterocycles. The predicted octanol–water partition coefficient (Wildman–Crippen LogP) is 5.87. The van der Waals surface area contributed by atoms with E-state index in [1.807, 2.05) is 4.90 Å². The Bertz CT molecular complexity index is 1960. The van der Waals surface area contributed by atoms with E-state index >= 15 is 8.78 Å². The summed E-state index contributed by atoms with van der Waals surface area (Å²) in [5, 5.41) is 22.4. The number of aromatic hydroxyl groups is 1. The first kappa shape index (κ1) is 35.1. The third-order valence-corrected chi connectivity index (χ3v) is 11.6. The van der Waals surface area contributed by atoms with Gasteiger partial charge < -0.3 is 34.1 Å². The lowest BCUT2D eigenvalue weighted by Gasteiger charge is -2.47. The van der Waals surface area contributed by atoms with E-state index in [0.717, 1.165) is 71.2 Å². The van der Waals surface area contributed by atoms with Crippen molar-refractivity contribution >= 4 is 27.5 Å². The minimum Gasteiger partial charge on any atom is -0.508 e. The van der Waals surface area contributed by atoms with Crippen LogP contribution >= 0.6 is 0 Å². The Morgan fingerprint density at radius 2 is 1.81 bits per heavy atom. The van der Waals surface area contributed by atoms with Gasteiger partial charge in [0.25, 0.3) is 0 Å². The zero-order chi connectivity index (χ0) is 36.0. The summed E-state index contributed by atoms with van der Waals surface area (Å²) in [6, 6.07) is 7.54. The van der Waals surface area contributed by atoms with Crippen LogP contribution in [-0.2, 0) is 9.47 Å². The molecule has 8 rings (SSSR count). The smallest absolute Gasteiger partial charge is 0.319 e. The molecule has 5 heterocycles. The van der Waals surface area contributed by atoms with E-state index in [9.17, 15) is 10.2 Å². The van der Waals surface area contributed by atoms with Gasteiger partial charge >= 0.3 is 6.01 Å². The summed E-state index contributed by atoms with van der Waals surface area (Å²) in [5.74, 6) is -0.666. The van der Waals surface area contributed by atoms with Crippen LogP contribution in [0.4, 0.5) is 14.6 Å². The Labute approximate surface area is 301 Å². The Balaban J connectivity index is 1.22. The van der Waals surface area contributed by atoms with Crippen molar-refractivity contribution < 1.29 is 37.9 Å². The number of rotatable bonds is 8. The van der Waals surface area contributed by atoms with E-state index in [-0.39, 0.29) is 69.6 Å². The van der Waals surface area contributed by atoms with Crippen LogP contribution in [0.3, 0.4) is 0 Å². The van der Waals surface area contributed by atoms with Crippen molar-refractivity contribution in [3.8, 4) is 28.9 Å². The van der Waals surface area contributed by atoms with Gasteiger partial charge in [-0.3, -0.25) is 4.90 Å². The third-order valence-electron chi connectivity index (χ3n) is 11.6. The molecule has 0 bridgehead atoms. The predicted molar refractivity (Wildman–Crippen MR) is 192 cm³/mol. The highest BCUT2D eigenvalue weighted by molar-refractivity contribution is 6.02. The Morgan fingerprint density at radius 3 is 2.63 bits per heavy atom. The normalized spacial score (nSPS) is 26.1. The third kappa shape index (κ3) is 6.61. The number of aliphatic hydroxyl groups is 1. The number of aromatic nitrogens is 3. The van der Waals surface area contributed by atoms with Crippen LogP contribution in [0.1, 0.15) is 51.9 Å². The lowest BCUT2D eigenvalue weighted by atomic mass is 9.75. The molecule has 2 aromatic heterocycles. The highest BCUT2D eigenvalue weighted by Crippen LogP contribution is 2.49. The molecule has 2 N–H and O–H groups in total. The van der Waals surface area contributed by atoms with Crippen molar-refractivity contribution in [2.45, 2.75) is 63.5 Å². The molecule has 2 aromatic carbocycles. The average Bonchev–Trinajstić information content (AvgIpc) is 3.49. The minimum absolute atomic E-state index is 0.000985. The van der Waals surface area contributed by atoms with Gasteiger partial charge in [-0.25, -0.2) is 13.8 Å². The molecular formula is C39H47F2N5O6. The number of likely N-dealkylation sites (tertiary alicyclic amines) is 1. The number of fused-ring (bicyclic) bond motifs is 3. The summed E-state index contributed by atoms with van der Waals surface area (Å²) in [4.78, 5) is 18.6. The number of pyridine rings is 1. The number of methoxy groups -OCH3 is 1. The maximum Gasteiger partial charge on any atom is 0.319 e. The van der Waals surface area contributed by atoms with Gasteiger partial charge in [-0.1, -0.05) is 18.6 Å². The molecule has 52 heavy (non-hydrogen) atoms. The van der Waals surface area contributed by atoms with Crippen molar-refractivity contribution in [1.82, 2.24) is 19.9 Å². The van der Waals surface area contributed by atoms with Crippen molar-refractivity contribution in [2.24, 2.45) is 11.3 Å². The van der Waals surface area contributed by atoms with Gasteiger partial charge in [-0.15, -0.1) is 0 Å². The second-order valence-corrected chi connectivity index (χ2v) is 15.4. The molecule has 11 nitrogen and oxygen atoms in total. The first-order chi connectivity index (χ1) is 25.1. The Morgan fingerprint density at radius 1 is 0.981 bits per heavy atom. The summed E-state index contributed by atoms with van der Waals surface area (Å²) in [7, 11) is 1.41. The Hall–Kier alpha value is -3.91. The van der Waals surface area contributed by atoms with Crippen molar-refractivity contribution in [3.05, 3.63) is 42.0 Å². The number of anilines is 1. The van der Waals surface area contributed by atoms with Crippen LogP contribution in [-0.4, -0.2) is 108 Å². The molecule has 278 valence electrons. The van der Waals surface area contributed by atoms with Crippen LogP contribution < -0.4 is 14.4 Å². The number of β-amino-alcohol motifs (C(OH)–C–C–N with tert-alkyl or cyclic N) is 1. The second-order valence-electron chi connectivity index (χ2n) is 15.4. The van der Waals surface area contributed by atoms with Crippen LogP contribution in [0, 0.1) is 23.0 Å². The first-order valence-corrected chi connectivity index (χ1v) is 18.5. The summed E-state index contributed by atoms with van der Waals surface area (Å²) < 4.78 is 56.2. The molecule has 0 spiro atoms. The van der Waals surface area contributed by atoms with Gasteiger partial charge in [0.1, 0.15) is 39.6 Å². The fourth-order valence-corrected chi connectivity index (χ4v) is 9.16. The molecule has 1 saturated carbocycles. The van der Waals surface area contributed by atoms with Crippen LogP contribution in [0.5, 0.6) is 17.6 Å². The first-order valence-electron chi connectivity index (χ1n) is 18.5. The number of ether oxygens (including phenoxy) is 4. The Kier molecular flexibility index (Phi) is 9.56. The van der Waals surface area contributed by atoms with Crippen molar-refractivity contribution in [3.63, 3.8) is 0 Å². The largest absolute Gasteiger partial charge is 0.508 e. The number of hydrogen-bond acceptors (Lipinski definition) is 11. The fraction of sp³-hybridized carbons (Fsp3) is 0.564. The monoisotopic (exact) mass is 719 g/mol. The number of phenolic OH excluding ortho intramolecular Hbond substituents is 1. The van der Waals surface area contributed by atoms with E-state index in [1.54, 1.807) is 13.0 Å². The molecule has 4 aromatic rings. The van der Waals surface area contributed by atoms with Gasteiger partial charge in [0.05, 0.1) is 33.5 Å². The standard InChI is InChI=1S/C39H47F2N5O6/c1-38(48)21-46(14-17-51-22-38)35-31-34(32(41)33(42-36(31)49-2)27-19-26(47)18-25-6-3-7-28(40)30(25)27)43-37(44-35)52-23-39-11-4-8-29(39)45(13-5-12-39)20-24-9-15-50-16-10-24/h3,6-7,18-19,24,29,47-48H,4-5,8-17,20-23H2,1-2H3. The van der Waals surface area contributed by atoms with E-state index in [2.05, 4.69) is 14.9 Å². The fourth-order valence-electron chi connectivity index (χ4n) is 9.16. The van der Waals surface area contributed by atoms with E-state index < -0.39 is 17.2 Å². The molecule has 0 radical (unpaired) electrons. The molecule has 13 heteroatoms. The number of phenols is 1. The topological polar surface area (TPSA) is 123 Å². The second kappa shape index (κ2) is 14.1. The van der Waals surface area contributed by atoms with Crippen LogP contribution in [0.25, 0.3) is 32.9 Å². The van der Waals surface area contributed by atoms with Crippen molar-refractivity contribution in [2.75, 3.05) is 71.2 Å². The lowest BCUT2D eigenvalue weighted by molar-refractivity contribution is -0.0203. The summed E-state index contributed by atoms with van der Waals surface area (Å²) in [6.07, 6.45) is 7.53. The molecule has 4 aliphatic rings. The molecular weight excluding hydrogens is 672 g/mol. The average molecular weight is 720 g/mol. The molecule has 3 atom stereocenters. The SMILES string of the molecule is COc1nc(-c2cc(O)cc3cccc(F)c23)c(F)c2nc(OCC34CCCC3N(CC3CCOCC3)CCC4)nc(N3CCOCC(C)(O)C3)c12. The zero-order valence-corrected chi connectivity index (χ0v) is 29.9. The van der Waals surface area contributed by atoms with Crippen molar-refractivity contribution in [1.29, 1.82) is 0 Å². The number of halogens is 2. The van der Waals surface area contributed by atoms with Gasteiger partial charge in [0.2, 0.25) is 5.88 Å². The van der Waals surface area contributed by atoms with Gasteiger partial charge in [-0.05, 0) is 81.5 Å². The highest BCUT2D eigenvalue weighted by Gasteiger charge is 2.49. The highest BCUT2D eigenvalue weighted by atomic mass is 19.1. The molecule has 1 aliphatic carbocycles. The van der Waals surface area contributed by atoms with E-state index in [0.29, 0.717) is 37.1 Å².